The maximum atomic E-state index is 12.8. The van der Waals surface area contributed by atoms with Crippen LogP contribution in [-0.4, -0.2) is 23.9 Å². The molecule has 1 heterocycles. The second-order valence-corrected chi connectivity index (χ2v) is 9.48. The van der Waals surface area contributed by atoms with Crippen LogP contribution in [0, 0.1) is 10.8 Å². The number of allylic oxidation sites excluding steroid dienone is 4. The van der Waals surface area contributed by atoms with Crippen LogP contribution in [0.1, 0.15) is 50.2 Å². The first-order valence-electron chi connectivity index (χ1n) is 11.4. The summed E-state index contributed by atoms with van der Waals surface area (Å²) in [6.45, 7) is 9.18. The molecule has 1 aromatic heterocycles. The molecule has 5 heteroatoms. The van der Waals surface area contributed by atoms with Crippen LogP contribution in [0.25, 0.3) is 10.9 Å². The first-order chi connectivity index (χ1) is 16.2. The Kier molecular flexibility index (Phi) is 7.77. The van der Waals surface area contributed by atoms with Crippen LogP contribution in [0.4, 0.5) is 0 Å². The van der Waals surface area contributed by atoms with Gasteiger partial charge in [-0.05, 0) is 61.6 Å². The molecule has 0 unspecified atom stereocenters. The van der Waals surface area contributed by atoms with Crippen LogP contribution in [-0.2, 0) is 16.9 Å². The molecule has 0 saturated carbocycles. The number of nitrogens with one attached hydrogen (secondary N) is 1. The quantitative estimate of drug-likeness (QED) is 0.204. The summed E-state index contributed by atoms with van der Waals surface area (Å²) in [5.74, 6) is 0.388. The number of carbonyl (C=O) groups is 1. The van der Waals surface area contributed by atoms with Crippen molar-refractivity contribution in [2.45, 2.75) is 46.3 Å². The molecule has 0 aliphatic rings. The van der Waals surface area contributed by atoms with E-state index in [9.17, 15) is 4.79 Å². The number of aromatic nitrogens is 1. The van der Waals surface area contributed by atoms with Gasteiger partial charge in [-0.15, -0.1) is 0 Å². The van der Waals surface area contributed by atoms with Gasteiger partial charge in [0.25, 0.3) is 0 Å². The third-order valence-electron chi connectivity index (χ3n) is 6.71. The standard InChI is InChI=1S/C29H34N2O3/c1-28(2,17-11-6-7-12-18-30)29(3,4)31-25-16-15-24(34-21-22-13-9-8-10-14-22)19-23(25)20-26(31)27(32)33-5/h6-16,18-20,30H,17,21H2,1-5H3/b11-6-,12-7-,30-18?. The molecule has 34 heavy (non-hydrogen) atoms. The van der Waals surface area contributed by atoms with E-state index >= 15 is 0 Å². The van der Waals surface area contributed by atoms with Crippen LogP contribution < -0.4 is 4.74 Å². The van der Waals surface area contributed by atoms with E-state index in [2.05, 4.69) is 38.3 Å². The van der Waals surface area contributed by atoms with Crippen LogP contribution in [0.2, 0.25) is 0 Å². The third-order valence-corrected chi connectivity index (χ3v) is 6.71. The molecule has 0 bridgehead atoms. The summed E-state index contributed by atoms with van der Waals surface area (Å²) in [7, 11) is 1.41. The molecule has 1 N–H and O–H groups in total. The van der Waals surface area contributed by atoms with Crippen LogP contribution >= 0.6 is 0 Å². The molecule has 5 nitrogen and oxygen atoms in total. The largest absolute Gasteiger partial charge is 0.489 e. The lowest BCUT2D eigenvalue weighted by atomic mass is 9.71. The summed E-state index contributed by atoms with van der Waals surface area (Å²) >= 11 is 0. The first-order valence-corrected chi connectivity index (χ1v) is 11.4. The number of hydrogen-bond donors (Lipinski definition) is 1. The summed E-state index contributed by atoms with van der Waals surface area (Å²) in [5.41, 5.74) is 1.96. The van der Waals surface area contributed by atoms with Crippen molar-refractivity contribution in [3.05, 3.63) is 90.2 Å². The Morgan fingerprint density at radius 3 is 2.41 bits per heavy atom. The smallest absolute Gasteiger partial charge is 0.354 e. The van der Waals surface area contributed by atoms with Gasteiger partial charge in [-0.2, -0.15) is 0 Å². The Balaban J connectivity index is 1.98. The van der Waals surface area contributed by atoms with Crippen molar-refractivity contribution < 1.29 is 14.3 Å². The van der Waals surface area contributed by atoms with Crippen molar-refractivity contribution >= 4 is 23.1 Å². The fraction of sp³-hybridized carbons (Fsp3) is 0.310. The number of carbonyl (C=O) groups excluding carboxylic acids is 1. The number of ether oxygens (including phenoxy) is 2. The Hall–Kier alpha value is -3.60. The Bertz CT molecular complexity index is 1200. The van der Waals surface area contributed by atoms with Crippen LogP contribution in [0.15, 0.2) is 78.9 Å². The lowest BCUT2D eigenvalue weighted by Gasteiger charge is -2.44. The van der Waals surface area contributed by atoms with E-state index in [1.807, 2.05) is 66.7 Å². The van der Waals surface area contributed by atoms with Gasteiger partial charge in [0.05, 0.1) is 7.11 Å². The van der Waals surface area contributed by atoms with Gasteiger partial charge in [0, 0.05) is 22.7 Å². The van der Waals surface area contributed by atoms with Gasteiger partial charge in [0.15, 0.2) is 0 Å². The zero-order valence-corrected chi connectivity index (χ0v) is 20.7. The van der Waals surface area contributed by atoms with Gasteiger partial charge in [-0.3, -0.25) is 0 Å². The second kappa shape index (κ2) is 10.6. The molecule has 0 spiro atoms. The highest BCUT2D eigenvalue weighted by Crippen LogP contribution is 2.44. The number of rotatable bonds is 10. The van der Waals surface area contributed by atoms with E-state index in [0.717, 1.165) is 28.6 Å². The molecule has 2 aromatic carbocycles. The summed E-state index contributed by atoms with van der Waals surface area (Å²) in [5, 5.41) is 8.03. The first kappa shape index (κ1) is 25.0. The van der Waals surface area contributed by atoms with Crippen molar-refractivity contribution in [3.8, 4) is 5.75 Å². The summed E-state index contributed by atoms with van der Waals surface area (Å²) in [4.78, 5) is 12.8. The zero-order chi connectivity index (χ0) is 24.8. The SMILES string of the molecule is COC(=O)c1cc2cc(OCc3ccccc3)ccc2n1C(C)(C)C(C)(C)C/C=C\C=C/C=N. The second-order valence-electron chi connectivity index (χ2n) is 9.48. The van der Waals surface area contributed by atoms with Crippen molar-refractivity contribution in [3.63, 3.8) is 0 Å². The molecule has 0 saturated heterocycles. The molecule has 0 aliphatic carbocycles. The molecule has 0 aliphatic heterocycles. The monoisotopic (exact) mass is 458 g/mol. The van der Waals surface area contributed by atoms with E-state index in [1.165, 1.54) is 13.3 Å². The number of nitrogens with zero attached hydrogens (tertiary/aromatic N) is 1. The molecule has 3 rings (SSSR count). The highest BCUT2D eigenvalue weighted by Gasteiger charge is 2.40. The van der Waals surface area contributed by atoms with E-state index in [-0.39, 0.29) is 11.4 Å². The zero-order valence-electron chi connectivity index (χ0n) is 20.7. The van der Waals surface area contributed by atoms with E-state index in [0.29, 0.717) is 12.3 Å². The predicted molar refractivity (Wildman–Crippen MR) is 139 cm³/mol. The number of fused-ring (bicyclic) bond motifs is 1. The lowest BCUT2D eigenvalue weighted by molar-refractivity contribution is 0.0556. The van der Waals surface area contributed by atoms with Crippen molar-refractivity contribution in [1.82, 2.24) is 4.57 Å². The minimum Gasteiger partial charge on any atom is -0.489 e. The van der Waals surface area contributed by atoms with Gasteiger partial charge < -0.3 is 19.5 Å². The van der Waals surface area contributed by atoms with E-state index < -0.39 is 5.54 Å². The molecule has 0 amide bonds. The normalized spacial score (nSPS) is 12.5. The minimum absolute atomic E-state index is 0.195. The average Bonchev–Trinajstić information content (AvgIpc) is 3.22. The lowest BCUT2D eigenvalue weighted by Crippen LogP contribution is -2.43. The van der Waals surface area contributed by atoms with E-state index in [4.69, 9.17) is 14.9 Å². The Morgan fingerprint density at radius 2 is 1.74 bits per heavy atom. The molecule has 3 aromatic rings. The van der Waals surface area contributed by atoms with Crippen LogP contribution in [0.3, 0.4) is 0 Å². The number of hydrogen-bond acceptors (Lipinski definition) is 4. The van der Waals surface area contributed by atoms with Gasteiger partial charge in [0.2, 0.25) is 0 Å². The van der Waals surface area contributed by atoms with Gasteiger partial charge in [-0.1, -0.05) is 62.4 Å². The van der Waals surface area contributed by atoms with Crippen molar-refractivity contribution in [1.29, 1.82) is 5.41 Å². The minimum atomic E-state index is -0.416. The highest BCUT2D eigenvalue weighted by molar-refractivity contribution is 5.96. The Morgan fingerprint density at radius 1 is 1.00 bits per heavy atom. The fourth-order valence-corrected chi connectivity index (χ4v) is 3.99. The molecule has 0 radical (unpaired) electrons. The van der Waals surface area contributed by atoms with Gasteiger partial charge >= 0.3 is 5.97 Å². The maximum Gasteiger partial charge on any atom is 0.354 e. The summed E-state index contributed by atoms with van der Waals surface area (Å²) in [6, 6.07) is 17.9. The van der Waals surface area contributed by atoms with Crippen molar-refractivity contribution in [2.24, 2.45) is 5.41 Å². The molecule has 178 valence electrons. The summed E-state index contributed by atoms with van der Waals surface area (Å²) in [6.07, 6.45) is 9.63. The molecule has 0 fully saturated rings. The molecular weight excluding hydrogens is 424 g/mol. The van der Waals surface area contributed by atoms with Crippen LogP contribution in [0.5, 0.6) is 5.75 Å². The fourth-order valence-electron chi connectivity index (χ4n) is 3.99. The van der Waals surface area contributed by atoms with Gasteiger partial charge in [-0.25, -0.2) is 4.79 Å². The number of benzene rings is 2. The average molecular weight is 459 g/mol. The predicted octanol–water partition coefficient (Wildman–Crippen LogP) is 6.92. The maximum absolute atomic E-state index is 12.8. The van der Waals surface area contributed by atoms with Crippen molar-refractivity contribution in [2.75, 3.05) is 7.11 Å². The van der Waals surface area contributed by atoms with E-state index in [1.54, 1.807) is 6.08 Å². The Labute approximate surface area is 202 Å². The molecule has 0 atom stereocenters. The highest BCUT2D eigenvalue weighted by atomic mass is 16.5. The summed E-state index contributed by atoms with van der Waals surface area (Å²) < 4.78 is 13.3. The topological polar surface area (TPSA) is 64.3 Å². The third kappa shape index (κ3) is 5.30. The number of methoxy groups -OCH3 is 1. The van der Waals surface area contributed by atoms with Gasteiger partial charge in [0.1, 0.15) is 18.1 Å². The molecular formula is C29H34N2O3. The number of esters is 1.